The maximum absolute atomic E-state index is 11.5. The van der Waals surface area contributed by atoms with Crippen LogP contribution in [0.5, 0.6) is 0 Å². The van der Waals surface area contributed by atoms with Crippen LogP contribution in [-0.4, -0.2) is 23.3 Å². The van der Waals surface area contributed by atoms with Crippen LogP contribution >= 0.6 is 0 Å². The highest BCUT2D eigenvalue weighted by Gasteiger charge is 2.36. The maximum atomic E-state index is 11.5. The molecule has 0 aromatic heterocycles. The van der Waals surface area contributed by atoms with E-state index in [0.29, 0.717) is 17.4 Å². The summed E-state index contributed by atoms with van der Waals surface area (Å²) in [5.41, 5.74) is 0.478. The van der Waals surface area contributed by atoms with E-state index in [1.54, 1.807) is 6.92 Å². The highest BCUT2D eigenvalue weighted by Crippen LogP contribution is 2.41. The van der Waals surface area contributed by atoms with Crippen LogP contribution in [0.15, 0.2) is 12.2 Å². The molecule has 2 aliphatic carbocycles. The molecule has 0 bridgehead atoms. The molecular weight excluding hydrogens is 216 g/mol. The van der Waals surface area contributed by atoms with E-state index in [-0.39, 0.29) is 18.2 Å². The highest BCUT2D eigenvalue weighted by atomic mass is 16.5. The van der Waals surface area contributed by atoms with Crippen molar-refractivity contribution in [2.45, 2.75) is 57.7 Å². The Balaban J connectivity index is 1.86. The van der Waals surface area contributed by atoms with Crippen molar-refractivity contribution in [3.05, 3.63) is 12.2 Å². The third-order valence-corrected chi connectivity index (χ3v) is 4.16. The molecule has 3 heteroatoms. The van der Waals surface area contributed by atoms with E-state index in [2.05, 4.69) is 6.58 Å². The van der Waals surface area contributed by atoms with Crippen LogP contribution in [0.2, 0.25) is 0 Å². The van der Waals surface area contributed by atoms with Crippen molar-refractivity contribution < 1.29 is 14.6 Å². The largest absolute Gasteiger partial charge is 0.459 e. The van der Waals surface area contributed by atoms with Crippen LogP contribution in [0.1, 0.15) is 45.4 Å². The van der Waals surface area contributed by atoms with Crippen LogP contribution in [0.4, 0.5) is 0 Å². The SMILES string of the molecule is C=C(C)C(=O)OC1CCC2CC(O)CCC2C1. The van der Waals surface area contributed by atoms with E-state index in [1.807, 2.05) is 0 Å². The number of rotatable bonds is 2. The molecule has 1 N–H and O–H groups in total. The smallest absolute Gasteiger partial charge is 0.333 e. The van der Waals surface area contributed by atoms with Gasteiger partial charge in [-0.25, -0.2) is 4.79 Å². The van der Waals surface area contributed by atoms with Gasteiger partial charge in [-0.15, -0.1) is 0 Å². The van der Waals surface area contributed by atoms with Gasteiger partial charge in [0.2, 0.25) is 0 Å². The van der Waals surface area contributed by atoms with Crippen molar-refractivity contribution in [2.24, 2.45) is 11.8 Å². The number of ether oxygens (including phenoxy) is 1. The zero-order valence-corrected chi connectivity index (χ0v) is 10.5. The van der Waals surface area contributed by atoms with E-state index in [1.165, 1.54) is 0 Å². The Morgan fingerprint density at radius 2 is 1.82 bits per heavy atom. The molecule has 17 heavy (non-hydrogen) atoms. The number of carbonyl (C=O) groups is 1. The molecule has 0 amide bonds. The Morgan fingerprint density at radius 3 is 2.53 bits per heavy atom. The number of aliphatic hydroxyl groups is 1. The Bertz CT molecular complexity index is 311. The van der Waals surface area contributed by atoms with E-state index >= 15 is 0 Å². The Morgan fingerprint density at radius 1 is 1.18 bits per heavy atom. The third-order valence-electron chi connectivity index (χ3n) is 4.16. The molecule has 0 spiro atoms. The van der Waals surface area contributed by atoms with Gasteiger partial charge in [-0.05, 0) is 57.3 Å². The minimum atomic E-state index is -0.260. The van der Waals surface area contributed by atoms with Gasteiger partial charge in [-0.2, -0.15) is 0 Å². The molecule has 2 saturated carbocycles. The first-order valence-electron chi connectivity index (χ1n) is 6.61. The molecule has 4 atom stereocenters. The zero-order valence-electron chi connectivity index (χ0n) is 10.5. The third kappa shape index (κ3) is 3.09. The molecule has 2 rings (SSSR count). The van der Waals surface area contributed by atoms with Gasteiger partial charge < -0.3 is 9.84 Å². The summed E-state index contributed by atoms with van der Waals surface area (Å²) in [5.74, 6) is 1.01. The Labute approximate surface area is 103 Å². The molecule has 0 heterocycles. The number of hydrogen-bond donors (Lipinski definition) is 1. The van der Waals surface area contributed by atoms with Gasteiger partial charge in [-0.1, -0.05) is 6.58 Å². The molecule has 96 valence electrons. The fourth-order valence-electron chi connectivity index (χ4n) is 3.18. The summed E-state index contributed by atoms with van der Waals surface area (Å²) in [5, 5.41) is 9.64. The van der Waals surface area contributed by atoms with Gasteiger partial charge in [0.25, 0.3) is 0 Å². The second-order valence-corrected chi connectivity index (χ2v) is 5.61. The number of esters is 1. The first-order chi connectivity index (χ1) is 8.06. The van der Waals surface area contributed by atoms with Crippen molar-refractivity contribution in [2.75, 3.05) is 0 Å². The van der Waals surface area contributed by atoms with Crippen LogP contribution in [0.25, 0.3) is 0 Å². The summed E-state index contributed by atoms with van der Waals surface area (Å²) in [4.78, 5) is 11.5. The summed E-state index contributed by atoms with van der Waals surface area (Å²) in [6.07, 6.45) is 5.86. The van der Waals surface area contributed by atoms with Crippen molar-refractivity contribution in [1.82, 2.24) is 0 Å². The van der Waals surface area contributed by atoms with Gasteiger partial charge in [0, 0.05) is 5.57 Å². The van der Waals surface area contributed by atoms with E-state index in [4.69, 9.17) is 4.74 Å². The van der Waals surface area contributed by atoms with Gasteiger partial charge in [0.1, 0.15) is 6.10 Å². The maximum Gasteiger partial charge on any atom is 0.333 e. The van der Waals surface area contributed by atoms with Crippen LogP contribution in [0.3, 0.4) is 0 Å². The first-order valence-corrected chi connectivity index (χ1v) is 6.61. The predicted octanol–water partition coefficient (Wildman–Crippen LogP) is 2.44. The average Bonchev–Trinajstić information content (AvgIpc) is 2.29. The summed E-state index contributed by atoms with van der Waals surface area (Å²) in [6.45, 7) is 5.29. The zero-order chi connectivity index (χ0) is 12.4. The van der Waals surface area contributed by atoms with Crippen LogP contribution < -0.4 is 0 Å². The van der Waals surface area contributed by atoms with E-state index in [9.17, 15) is 9.90 Å². The van der Waals surface area contributed by atoms with Gasteiger partial charge in [-0.3, -0.25) is 0 Å². The molecule has 4 unspecified atom stereocenters. The molecular formula is C14H22O3. The summed E-state index contributed by atoms with van der Waals surface area (Å²) in [7, 11) is 0. The lowest BCUT2D eigenvalue weighted by Crippen LogP contribution is -2.36. The predicted molar refractivity (Wildman–Crippen MR) is 65.4 cm³/mol. The minimum absolute atomic E-state index is 0.0655. The second-order valence-electron chi connectivity index (χ2n) is 5.61. The van der Waals surface area contributed by atoms with Gasteiger partial charge in [0.05, 0.1) is 6.10 Å². The lowest BCUT2D eigenvalue weighted by molar-refractivity contribution is -0.148. The summed E-state index contributed by atoms with van der Waals surface area (Å²) >= 11 is 0. The number of aliphatic hydroxyl groups excluding tert-OH is 1. The quantitative estimate of drug-likeness (QED) is 0.593. The lowest BCUT2D eigenvalue weighted by Gasteiger charge is -2.40. The summed E-state index contributed by atoms with van der Waals surface area (Å²) < 4.78 is 5.43. The molecule has 3 nitrogen and oxygen atoms in total. The molecule has 2 fully saturated rings. The number of hydrogen-bond acceptors (Lipinski definition) is 3. The van der Waals surface area contributed by atoms with E-state index in [0.717, 1.165) is 38.5 Å². The minimum Gasteiger partial charge on any atom is -0.459 e. The van der Waals surface area contributed by atoms with E-state index < -0.39 is 0 Å². The fourth-order valence-corrected chi connectivity index (χ4v) is 3.18. The van der Waals surface area contributed by atoms with Gasteiger partial charge >= 0.3 is 5.97 Å². The van der Waals surface area contributed by atoms with Crippen molar-refractivity contribution in [1.29, 1.82) is 0 Å². The molecule has 0 aromatic rings. The average molecular weight is 238 g/mol. The van der Waals surface area contributed by atoms with Crippen LogP contribution in [0, 0.1) is 11.8 Å². The first kappa shape index (κ1) is 12.6. The molecule has 0 saturated heterocycles. The molecule has 0 aliphatic heterocycles. The standard InChI is InChI=1S/C14H22O3/c1-9(2)14(16)17-13-6-4-10-7-12(15)5-3-11(10)8-13/h10-13,15H,1,3-8H2,2H3. The number of carbonyl (C=O) groups excluding carboxylic acids is 1. The number of fused-ring (bicyclic) bond motifs is 1. The summed E-state index contributed by atoms with van der Waals surface area (Å²) in [6, 6.07) is 0. The molecule has 0 radical (unpaired) electrons. The second kappa shape index (κ2) is 5.21. The fraction of sp³-hybridized carbons (Fsp3) is 0.786. The van der Waals surface area contributed by atoms with Crippen molar-refractivity contribution in [3.8, 4) is 0 Å². The topological polar surface area (TPSA) is 46.5 Å². The Hall–Kier alpha value is -0.830. The lowest BCUT2D eigenvalue weighted by atomic mass is 9.69. The highest BCUT2D eigenvalue weighted by molar-refractivity contribution is 5.87. The molecule has 0 aromatic carbocycles. The van der Waals surface area contributed by atoms with Crippen LogP contribution in [-0.2, 0) is 9.53 Å². The Kier molecular flexibility index (Phi) is 3.87. The van der Waals surface area contributed by atoms with Gasteiger partial charge in [0.15, 0.2) is 0 Å². The van der Waals surface area contributed by atoms with Crippen molar-refractivity contribution >= 4 is 5.97 Å². The van der Waals surface area contributed by atoms with Crippen molar-refractivity contribution in [3.63, 3.8) is 0 Å². The molecule has 2 aliphatic rings. The normalized spacial score (nSPS) is 37.1. The monoisotopic (exact) mass is 238 g/mol.